The number of hydrogen-bond acceptors (Lipinski definition) is 6. The smallest absolute Gasteiger partial charge is 0.305 e. The summed E-state index contributed by atoms with van der Waals surface area (Å²) >= 11 is 0. The van der Waals surface area contributed by atoms with E-state index in [4.69, 9.17) is 5.73 Å². The van der Waals surface area contributed by atoms with Crippen molar-refractivity contribution in [1.29, 1.82) is 0 Å². The van der Waals surface area contributed by atoms with Gasteiger partial charge < -0.3 is 11.1 Å². The standard InChI is InChI=1S/C11H17N5O2/c12-5-8-3-1-2-4-10(8)15-11-13-6-9(7-14-11)16(17)18/h6-8,10H,1-5,12H2,(H,13,14,15). The Hall–Kier alpha value is -1.76. The van der Waals surface area contributed by atoms with Crippen molar-refractivity contribution >= 4 is 11.6 Å². The van der Waals surface area contributed by atoms with Crippen molar-refractivity contribution in [3.63, 3.8) is 0 Å². The highest BCUT2D eigenvalue weighted by Gasteiger charge is 2.24. The molecule has 7 heteroatoms. The van der Waals surface area contributed by atoms with Crippen LogP contribution in [-0.2, 0) is 0 Å². The number of aromatic nitrogens is 2. The molecule has 0 saturated heterocycles. The van der Waals surface area contributed by atoms with E-state index in [2.05, 4.69) is 15.3 Å². The Morgan fingerprint density at radius 2 is 2.06 bits per heavy atom. The van der Waals surface area contributed by atoms with Gasteiger partial charge in [0.15, 0.2) is 0 Å². The van der Waals surface area contributed by atoms with Crippen molar-refractivity contribution in [3.05, 3.63) is 22.5 Å². The zero-order valence-corrected chi connectivity index (χ0v) is 10.1. The summed E-state index contributed by atoms with van der Waals surface area (Å²) in [6.45, 7) is 0.644. The second kappa shape index (κ2) is 5.72. The third-order valence-corrected chi connectivity index (χ3v) is 3.38. The number of nitrogens with two attached hydrogens (primary N) is 1. The fourth-order valence-corrected chi connectivity index (χ4v) is 2.34. The first-order chi connectivity index (χ1) is 8.70. The van der Waals surface area contributed by atoms with Crippen LogP contribution < -0.4 is 11.1 Å². The van der Waals surface area contributed by atoms with Crippen LogP contribution in [0.2, 0.25) is 0 Å². The SMILES string of the molecule is NCC1CCCCC1Nc1ncc([N+](=O)[O-])cn1. The van der Waals surface area contributed by atoms with Crippen LogP contribution in [0.3, 0.4) is 0 Å². The molecule has 2 atom stereocenters. The van der Waals surface area contributed by atoms with Gasteiger partial charge in [0.25, 0.3) is 0 Å². The fraction of sp³-hybridized carbons (Fsp3) is 0.636. The number of nitrogens with zero attached hydrogens (tertiary/aromatic N) is 3. The number of hydrogen-bond donors (Lipinski definition) is 2. The molecule has 3 N–H and O–H groups in total. The van der Waals surface area contributed by atoms with Gasteiger partial charge in [0.1, 0.15) is 12.4 Å². The Morgan fingerprint density at radius 3 is 2.67 bits per heavy atom. The van der Waals surface area contributed by atoms with E-state index in [1.165, 1.54) is 25.2 Å². The third-order valence-electron chi connectivity index (χ3n) is 3.38. The molecule has 0 aliphatic heterocycles. The molecule has 0 amide bonds. The Labute approximate surface area is 105 Å². The zero-order chi connectivity index (χ0) is 13.0. The van der Waals surface area contributed by atoms with Crippen molar-refractivity contribution in [2.24, 2.45) is 11.7 Å². The summed E-state index contributed by atoms with van der Waals surface area (Å²) < 4.78 is 0. The van der Waals surface area contributed by atoms with E-state index in [1.54, 1.807) is 0 Å². The molecule has 2 rings (SSSR count). The average molecular weight is 251 g/mol. The van der Waals surface area contributed by atoms with Crippen LogP contribution in [-0.4, -0.2) is 27.5 Å². The predicted molar refractivity (Wildman–Crippen MR) is 67.1 cm³/mol. The molecule has 1 aromatic heterocycles. The Morgan fingerprint density at radius 1 is 1.39 bits per heavy atom. The van der Waals surface area contributed by atoms with Crippen LogP contribution in [0.25, 0.3) is 0 Å². The van der Waals surface area contributed by atoms with Crippen LogP contribution in [0.4, 0.5) is 11.6 Å². The van der Waals surface area contributed by atoms with Gasteiger partial charge in [-0.15, -0.1) is 0 Å². The third kappa shape index (κ3) is 2.92. The largest absolute Gasteiger partial charge is 0.351 e. The quantitative estimate of drug-likeness (QED) is 0.617. The summed E-state index contributed by atoms with van der Waals surface area (Å²) in [5, 5.41) is 13.7. The zero-order valence-electron chi connectivity index (χ0n) is 10.1. The highest BCUT2D eigenvalue weighted by molar-refractivity contribution is 5.31. The summed E-state index contributed by atoms with van der Waals surface area (Å²) in [6, 6.07) is 0.269. The van der Waals surface area contributed by atoms with Crippen LogP contribution >= 0.6 is 0 Å². The molecule has 0 radical (unpaired) electrons. The van der Waals surface area contributed by atoms with Crippen molar-refractivity contribution in [2.75, 3.05) is 11.9 Å². The van der Waals surface area contributed by atoms with Gasteiger partial charge in [0, 0.05) is 6.04 Å². The van der Waals surface area contributed by atoms with Crippen LogP contribution in [0.15, 0.2) is 12.4 Å². The molecule has 0 spiro atoms. The van der Waals surface area contributed by atoms with Gasteiger partial charge in [-0.05, 0) is 25.3 Å². The molecule has 2 unspecified atom stereocenters. The van der Waals surface area contributed by atoms with E-state index >= 15 is 0 Å². The van der Waals surface area contributed by atoms with Gasteiger partial charge in [0.05, 0.1) is 4.92 Å². The summed E-state index contributed by atoms with van der Waals surface area (Å²) in [6.07, 6.45) is 6.97. The van der Waals surface area contributed by atoms with E-state index in [0.717, 1.165) is 12.8 Å². The normalized spacial score (nSPS) is 23.6. The lowest BCUT2D eigenvalue weighted by Gasteiger charge is -2.31. The maximum Gasteiger partial charge on any atom is 0.305 e. The molecule has 1 heterocycles. The molecule has 1 aliphatic carbocycles. The van der Waals surface area contributed by atoms with Crippen molar-refractivity contribution < 1.29 is 4.92 Å². The molecule has 7 nitrogen and oxygen atoms in total. The first-order valence-corrected chi connectivity index (χ1v) is 6.13. The highest BCUT2D eigenvalue weighted by Crippen LogP contribution is 2.25. The molecule has 18 heavy (non-hydrogen) atoms. The minimum absolute atomic E-state index is 0.0976. The van der Waals surface area contributed by atoms with Crippen molar-refractivity contribution in [1.82, 2.24) is 9.97 Å². The number of anilines is 1. The first kappa shape index (κ1) is 12.7. The average Bonchev–Trinajstić information content (AvgIpc) is 2.40. The van der Waals surface area contributed by atoms with Crippen LogP contribution in [0.5, 0.6) is 0 Å². The predicted octanol–water partition coefficient (Wildman–Crippen LogP) is 1.31. The van der Waals surface area contributed by atoms with Crippen molar-refractivity contribution in [2.45, 2.75) is 31.7 Å². The second-order valence-electron chi connectivity index (χ2n) is 4.55. The topological polar surface area (TPSA) is 107 Å². The molecular weight excluding hydrogens is 234 g/mol. The maximum atomic E-state index is 10.5. The van der Waals surface area contributed by atoms with E-state index in [-0.39, 0.29) is 11.7 Å². The van der Waals surface area contributed by atoms with Gasteiger partial charge in [0.2, 0.25) is 5.95 Å². The van der Waals surface area contributed by atoms with Gasteiger partial charge in [-0.2, -0.15) is 0 Å². The molecule has 0 aromatic carbocycles. The van der Waals surface area contributed by atoms with E-state index in [1.807, 2.05) is 0 Å². The Bertz CT molecular complexity index is 408. The second-order valence-corrected chi connectivity index (χ2v) is 4.55. The van der Waals surface area contributed by atoms with Crippen LogP contribution in [0, 0.1) is 16.0 Å². The highest BCUT2D eigenvalue weighted by atomic mass is 16.6. The van der Waals surface area contributed by atoms with E-state index in [0.29, 0.717) is 18.4 Å². The summed E-state index contributed by atoms with van der Waals surface area (Å²) in [4.78, 5) is 17.9. The lowest BCUT2D eigenvalue weighted by atomic mass is 9.84. The minimum atomic E-state index is -0.507. The van der Waals surface area contributed by atoms with E-state index in [9.17, 15) is 10.1 Å². The monoisotopic (exact) mass is 251 g/mol. The molecule has 1 aromatic rings. The first-order valence-electron chi connectivity index (χ1n) is 6.13. The summed E-state index contributed by atoms with van der Waals surface area (Å²) in [5.41, 5.74) is 5.64. The minimum Gasteiger partial charge on any atom is -0.351 e. The van der Waals surface area contributed by atoms with Crippen molar-refractivity contribution in [3.8, 4) is 0 Å². The lowest BCUT2D eigenvalue weighted by Crippen LogP contribution is -2.37. The Balaban J connectivity index is 2.01. The van der Waals surface area contributed by atoms with Crippen LogP contribution in [0.1, 0.15) is 25.7 Å². The van der Waals surface area contributed by atoms with Gasteiger partial charge in [-0.25, -0.2) is 9.97 Å². The fourth-order valence-electron chi connectivity index (χ4n) is 2.34. The number of rotatable bonds is 4. The number of nitro groups is 1. The number of nitrogens with one attached hydrogen (secondary N) is 1. The molecule has 1 saturated carbocycles. The molecule has 1 fully saturated rings. The lowest BCUT2D eigenvalue weighted by molar-refractivity contribution is -0.385. The molecular formula is C11H17N5O2. The molecule has 98 valence electrons. The molecule has 0 bridgehead atoms. The van der Waals surface area contributed by atoms with Gasteiger partial charge >= 0.3 is 5.69 Å². The maximum absolute atomic E-state index is 10.5. The summed E-state index contributed by atoms with van der Waals surface area (Å²) in [5.74, 6) is 0.864. The summed E-state index contributed by atoms with van der Waals surface area (Å²) in [7, 11) is 0. The van der Waals surface area contributed by atoms with Gasteiger partial charge in [-0.3, -0.25) is 10.1 Å². The molecule has 1 aliphatic rings. The van der Waals surface area contributed by atoms with E-state index < -0.39 is 4.92 Å². The Kier molecular flexibility index (Phi) is 4.03. The van der Waals surface area contributed by atoms with Gasteiger partial charge in [-0.1, -0.05) is 12.8 Å².